The number of unbranched alkanes of at least 4 members (excludes halogenated alkanes) is 1. The lowest BCUT2D eigenvalue weighted by molar-refractivity contribution is 0.473. The molecule has 0 unspecified atom stereocenters. The molecule has 1 N–H and O–H groups in total. The van der Waals surface area contributed by atoms with Crippen molar-refractivity contribution in [2.45, 2.75) is 56.4 Å². The maximum Gasteiger partial charge on any atom is 0.240 e. The first kappa shape index (κ1) is 17.2. The Balaban J connectivity index is 1.84. The maximum absolute atomic E-state index is 12.8. The van der Waals surface area contributed by atoms with Crippen molar-refractivity contribution in [1.82, 2.24) is 4.72 Å². The fourth-order valence-electron chi connectivity index (χ4n) is 3.57. The molecule has 3 rings (SSSR count). The lowest BCUT2D eigenvalue weighted by atomic mass is 9.93. The number of benzene rings is 2. The monoisotopic (exact) mass is 343 g/mol. The fraction of sp³-hybridized carbons (Fsp3) is 0.400. The van der Waals surface area contributed by atoms with E-state index >= 15 is 0 Å². The Kier molecular flexibility index (Phi) is 5.07. The normalized spacial score (nSPS) is 20.1. The van der Waals surface area contributed by atoms with E-state index in [4.69, 9.17) is 0 Å². The molecule has 24 heavy (non-hydrogen) atoms. The number of nitrogens with one attached hydrogen (secondary N) is 1. The van der Waals surface area contributed by atoms with E-state index in [1.165, 1.54) is 11.1 Å². The summed E-state index contributed by atoms with van der Waals surface area (Å²) < 4.78 is 28.5. The molecule has 0 spiro atoms. The number of hydrogen-bond acceptors (Lipinski definition) is 2. The highest BCUT2D eigenvalue weighted by molar-refractivity contribution is 7.89. The van der Waals surface area contributed by atoms with Crippen molar-refractivity contribution < 1.29 is 8.42 Å². The zero-order valence-corrected chi connectivity index (χ0v) is 15.1. The summed E-state index contributed by atoms with van der Waals surface area (Å²) in [4.78, 5) is 0.346. The minimum absolute atomic E-state index is 0.0553. The minimum Gasteiger partial charge on any atom is -0.207 e. The smallest absolute Gasteiger partial charge is 0.207 e. The molecule has 4 heteroatoms. The van der Waals surface area contributed by atoms with Crippen LogP contribution in [0.5, 0.6) is 0 Å². The van der Waals surface area contributed by atoms with Gasteiger partial charge in [0.2, 0.25) is 10.0 Å². The molecule has 0 aliphatic heterocycles. The molecule has 1 aliphatic rings. The van der Waals surface area contributed by atoms with Gasteiger partial charge >= 0.3 is 0 Å². The summed E-state index contributed by atoms with van der Waals surface area (Å²) in [6.45, 7) is 4.13. The molecule has 128 valence electrons. The van der Waals surface area contributed by atoms with Crippen LogP contribution in [0.4, 0.5) is 0 Å². The van der Waals surface area contributed by atoms with Crippen LogP contribution in [0, 0.1) is 6.92 Å². The molecular formula is C20H25NO2S. The molecule has 2 atom stereocenters. The van der Waals surface area contributed by atoms with E-state index < -0.39 is 10.0 Å². The number of fused-ring (bicyclic) bond motifs is 1. The predicted molar refractivity (Wildman–Crippen MR) is 97.7 cm³/mol. The van der Waals surface area contributed by atoms with Gasteiger partial charge in [0.15, 0.2) is 0 Å². The summed E-state index contributed by atoms with van der Waals surface area (Å²) in [6, 6.07) is 15.3. The van der Waals surface area contributed by atoms with Gasteiger partial charge in [-0.25, -0.2) is 13.1 Å². The highest BCUT2D eigenvalue weighted by Gasteiger charge is 2.34. The van der Waals surface area contributed by atoms with Gasteiger partial charge in [-0.05, 0) is 43.0 Å². The van der Waals surface area contributed by atoms with Crippen LogP contribution >= 0.6 is 0 Å². The Morgan fingerprint density at radius 1 is 1.08 bits per heavy atom. The summed E-state index contributed by atoms with van der Waals surface area (Å²) in [5.74, 6) is 0.265. The minimum atomic E-state index is -3.49. The number of aryl methyl sites for hydroxylation is 1. The fourth-order valence-corrected chi connectivity index (χ4v) is 4.84. The Morgan fingerprint density at radius 2 is 1.79 bits per heavy atom. The Bertz CT molecular complexity index is 797. The second-order valence-electron chi connectivity index (χ2n) is 6.69. The third-order valence-corrected chi connectivity index (χ3v) is 6.39. The van der Waals surface area contributed by atoms with Gasteiger partial charge in [0.1, 0.15) is 0 Å². The number of rotatable bonds is 6. The zero-order chi connectivity index (χ0) is 17.2. The van der Waals surface area contributed by atoms with Crippen LogP contribution in [0.15, 0.2) is 53.4 Å². The maximum atomic E-state index is 12.8. The zero-order valence-electron chi connectivity index (χ0n) is 14.3. The molecule has 3 nitrogen and oxygen atoms in total. The van der Waals surface area contributed by atoms with Crippen molar-refractivity contribution in [1.29, 1.82) is 0 Å². The molecule has 0 saturated carbocycles. The topological polar surface area (TPSA) is 46.2 Å². The highest BCUT2D eigenvalue weighted by Crippen LogP contribution is 2.37. The van der Waals surface area contributed by atoms with Crippen LogP contribution in [0.1, 0.15) is 48.8 Å². The van der Waals surface area contributed by atoms with Gasteiger partial charge in [-0.1, -0.05) is 61.7 Å². The Labute approximate surface area is 145 Å². The molecule has 0 radical (unpaired) electrons. The molecule has 0 amide bonds. The number of sulfonamides is 1. The molecular weight excluding hydrogens is 318 g/mol. The van der Waals surface area contributed by atoms with Crippen LogP contribution in [0.2, 0.25) is 0 Å². The van der Waals surface area contributed by atoms with Gasteiger partial charge < -0.3 is 0 Å². The van der Waals surface area contributed by atoms with Gasteiger partial charge in [-0.3, -0.25) is 0 Å². The van der Waals surface area contributed by atoms with Crippen molar-refractivity contribution in [2.24, 2.45) is 0 Å². The van der Waals surface area contributed by atoms with E-state index in [-0.39, 0.29) is 12.0 Å². The van der Waals surface area contributed by atoms with Gasteiger partial charge in [-0.15, -0.1) is 0 Å². The lowest BCUT2D eigenvalue weighted by Gasteiger charge is -2.22. The van der Waals surface area contributed by atoms with Gasteiger partial charge in [-0.2, -0.15) is 0 Å². The Morgan fingerprint density at radius 3 is 2.50 bits per heavy atom. The average molecular weight is 343 g/mol. The molecule has 0 saturated heterocycles. The molecule has 0 heterocycles. The second-order valence-corrected chi connectivity index (χ2v) is 8.41. The quantitative estimate of drug-likeness (QED) is 0.855. The van der Waals surface area contributed by atoms with E-state index in [1.54, 1.807) is 12.1 Å². The molecule has 1 aliphatic carbocycles. The van der Waals surface area contributed by atoms with Crippen LogP contribution in [-0.2, 0) is 16.4 Å². The standard InChI is InChI=1S/C20H25NO2S/c1-3-4-8-19-18-9-6-5-7-16(18)14-20(19)21-24(22,23)17-12-10-15(2)11-13-17/h5-7,9-13,19-21H,3-4,8,14H2,1-2H3/t19-,20+/m1/s1. The molecule has 2 aromatic rings. The van der Waals surface area contributed by atoms with E-state index in [0.29, 0.717) is 4.90 Å². The number of hydrogen-bond donors (Lipinski definition) is 1. The van der Waals surface area contributed by atoms with E-state index in [1.807, 2.05) is 25.1 Å². The average Bonchev–Trinajstić information content (AvgIpc) is 2.89. The molecule has 2 aromatic carbocycles. The SMILES string of the molecule is CCCC[C@@H]1c2ccccc2C[C@@H]1NS(=O)(=O)c1ccc(C)cc1. The van der Waals surface area contributed by atoms with E-state index in [2.05, 4.69) is 29.8 Å². The predicted octanol–water partition coefficient (Wildman–Crippen LogP) is 4.17. The molecule has 0 fully saturated rings. The van der Waals surface area contributed by atoms with Gasteiger partial charge in [0, 0.05) is 12.0 Å². The molecule has 0 bridgehead atoms. The van der Waals surface area contributed by atoms with Crippen LogP contribution < -0.4 is 4.72 Å². The van der Waals surface area contributed by atoms with Gasteiger partial charge in [0.25, 0.3) is 0 Å². The van der Waals surface area contributed by atoms with Crippen molar-refractivity contribution in [3.8, 4) is 0 Å². The summed E-state index contributed by atoms with van der Waals surface area (Å²) in [5, 5.41) is 0. The second kappa shape index (κ2) is 7.08. The lowest BCUT2D eigenvalue weighted by Crippen LogP contribution is -2.37. The first-order valence-corrected chi connectivity index (χ1v) is 10.2. The van der Waals surface area contributed by atoms with E-state index in [0.717, 1.165) is 31.2 Å². The largest absolute Gasteiger partial charge is 0.240 e. The molecule has 0 aromatic heterocycles. The van der Waals surface area contributed by atoms with Crippen LogP contribution in [-0.4, -0.2) is 14.5 Å². The first-order chi connectivity index (χ1) is 11.5. The van der Waals surface area contributed by atoms with Crippen molar-refractivity contribution in [3.05, 3.63) is 65.2 Å². The van der Waals surface area contributed by atoms with Crippen molar-refractivity contribution >= 4 is 10.0 Å². The van der Waals surface area contributed by atoms with Gasteiger partial charge in [0.05, 0.1) is 4.90 Å². The Hall–Kier alpha value is -1.65. The third-order valence-electron chi connectivity index (χ3n) is 4.89. The summed E-state index contributed by atoms with van der Waals surface area (Å²) in [6.07, 6.45) is 4.03. The van der Waals surface area contributed by atoms with Crippen LogP contribution in [0.3, 0.4) is 0 Å². The van der Waals surface area contributed by atoms with E-state index in [9.17, 15) is 8.42 Å². The highest BCUT2D eigenvalue weighted by atomic mass is 32.2. The third kappa shape index (κ3) is 3.55. The first-order valence-electron chi connectivity index (χ1n) is 8.68. The summed E-state index contributed by atoms with van der Waals surface area (Å²) in [5.41, 5.74) is 3.64. The summed E-state index contributed by atoms with van der Waals surface area (Å²) >= 11 is 0. The van der Waals surface area contributed by atoms with Crippen molar-refractivity contribution in [2.75, 3.05) is 0 Å². The van der Waals surface area contributed by atoms with Crippen LogP contribution in [0.25, 0.3) is 0 Å². The summed E-state index contributed by atoms with van der Waals surface area (Å²) in [7, 11) is -3.49. The van der Waals surface area contributed by atoms with Crippen molar-refractivity contribution in [3.63, 3.8) is 0 Å².